The van der Waals surface area contributed by atoms with E-state index in [-0.39, 0.29) is 5.91 Å². The van der Waals surface area contributed by atoms with E-state index in [1.54, 1.807) is 31.4 Å². The van der Waals surface area contributed by atoms with E-state index in [0.29, 0.717) is 11.6 Å². The molecule has 0 radical (unpaired) electrons. The molecule has 4 nitrogen and oxygen atoms in total. The van der Waals surface area contributed by atoms with E-state index in [0.717, 1.165) is 18.0 Å². The van der Waals surface area contributed by atoms with Crippen molar-refractivity contribution in [1.29, 1.82) is 0 Å². The molecule has 1 amide bonds. The molecule has 114 valence electrons. The maximum atomic E-state index is 12.2. The SMILES string of the molecule is COc1ccc(C(=O)Nc2cccc(CNC3CC3)c2)cc1. The summed E-state index contributed by atoms with van der Waals surface area (Å²) in [6.45, 7) is 0.844. The van der Waals surface area contributed by atoms with E-state index < -0.39 is 0 Å². The second-order valence-electron chi connectivity index (χ2n) is 5.54. The largest absolute Gasteiger partial charge is 0.497 e. The van der Waals surface area contributed by atoms with Crippen LogP contribution in [-0.4, -0.2) is 19.1 Å². The molecular weight excluding hydrogens is 276 g/mol. The molecule has 0 aliphatic heterocycles. The van der Waals surface area contributed by atoms with Crippen LogP contribution in [-0.2, 0) is 6.54 Å². The first-order valence-corrected chi connectivity index (χ1v) is 7.52. The fourth-order valence-electron chi connectivity index (χ4n) is 2.25. The van der Waals surface area contributed by atoms with Gasteiger partial charge in [0.1, 0.15) is 5.75 Å². The van der Waals surface area contributed by atoms with E-state index >= 15 is 0 Å². The third-order valence-electron chi connectivity index (χ3n) is 3.71. The van der Waals surface area contributed by atoms with E-state index in [2.05, 4.69) is 16.7 Å². The van der Waals surface area contributed by atoms with Crippen molar-refractivity contribution in [2.75, 3.05) is 12.4 Å². The first-order valence-electron chi connectivity index (χ1n) is 7.52. The molecule has 1 saturated carbocycles. The molecule has 2 aromatic rings. The first-order chi connectivity index (χ1) is 10.7. The lowest BCUT2D eigenvalue weighted by molar-refractivity contribution is 0.102. The summed E-state index contributed by atoms with van der Waals surface area (Å²) >= 11 is 0. The second-order valence-corrected chi connectivity index (χ2v) is 5.54. The summed E-state index contributed by atoms with van der Waals surface area (Å²) in [6, 6.07) is 15.7. The maximum absolute atomic E-state index is 12.2. The topological polar surface area (TPSA) is 50.4 Å². The van der Waals surface area contributed by atoms with Crippen LogP contribution in [0.3, 0.4) is 0 Å². The van der Waals surface area contributed by atoms with E-state index in [4.69, 9.17) is 4.74 Å². The third-order valence-corrected chi connectivity index (χ3v) is 3.71. The van der Waals surface area contributed by atoms with Gasteiger partial charge in [-0.05, 0) is 54.8 Å². The van der Waals surface area contributed by atoms with Crippen LogP contribution >= 0.6 is 0 Å². The number of ether oxygens (including phenoxy) is 1. The average molecular weight is 296 g/mol. The molecule has 2 N–H and O–H groups in total. The molecular formula is C18H20N2O2. The van der Waals surface area contributed by atoms with Gasteiger partial charge in [0.05, 0.1) is 7.11 Å². The van der Waals surface area contributed by atoms with Gasteiger partial charge < -0.3 is 15.4 Å². The predicted octanol–water partition coefficient (Wildman–Crippen LogP) is 3.20. The zero-order chi connectivity index (χ0) is 15.4. The van der Waals surface area contributed by atoms with Gasteiger partial charge in [0.15, 0.2) is 0 Å². The third kappa shape index (κ3) is 3.86. The molecule has 4 heteroatoms. The summed E-state index contributed by atoms with van der Waals surface area (Å²) in [4.78, 5) is 12.2. The quantitative estimate of drug-likeness (QED) is 0.860. The van der Waals surface area contributed by atoms with Gasteiger partial charge in [-0.2, -0.15) is 0 Å². The Morgan fingerprint density at radius 2 is 1.95 bits per heavy atom. The highest BCUT2D eigenvalue weighted by Gasteiger charge is 2.19. The molecule has 0 bridgehead atoms. The van der Waals surface area contributed by atoms with E-state index in [9.17, 15) is 4.79 Å². The van der Waals surface area contributed by atoms with Crippen molar-refractivity contribution in [3.63, 3.8) is 0 Å². The van der Waals surface area contributed by atoms with E-state index in [1.165, 1.54) is 18.4 Å². The number of rotatable bonds is 6. The molecule has 0 heterocycles. The predicted molar refractivity (Wildman–Crippen MR) is 87.3 cm³/mol. The van der Waals surface area contributed by atoms with Gasteiger partial charge in [0.2, 0.25) is 0 Å². The zero-order valence-corrected chi connectivity index (χ0v) is 12.6. The Morgan fingerprint density at radius 3 is 2.64 bits per heavy atom. The molecule has 0 spiro atoms. The molecule has 1 fully saturated rings. The van der Waals surface area contributed by atoms with Gasteiger partial charge in [0.25, 0.3) is 5.91 Å². The molecule has 22 heavy (non-hydrogen) atoms. The monoisotopic (exact) mass is 296 g/mol. The summed E-state index contributed by atoms with van der Waals surface area (Å²) in [5.74, 6) is 0.625. The van der Waals surface area contributed by atoms with Crippen LogP contribution in [0.1, 0.15) is 28.8 Å². The van der Waals surface area contributed by atoms with Crippen molar-refractivity contribution in [1.82, 2.24) is 5.32 Å². The highest BCUT2D eigenvalue weighted by atomic mass is 16.5. The van der Waals surface area contributed by atoms with E-state index in [1.807, 2.05) is 18.2 Å². The molecule has 0 unspecified atom stereocenters. The number of methoxy groups -OCH3 is 1. The van der Waals surface area contributed by atoms with Crippen LogP contribution in [0.15, 0.2) is 48.5 Å². The van der Waals surface area contributed by atoms with Gasteiger partial charge in [-0.3, -0.25) is 4.79 Å². The lowest BCUT2D eigenvalue weighted by atomic mass is 10.1. The molecule has 1 aliphatic carbocycles. The Morgan fingerprint density at radius 1 is 1.18 bits per heavy atom. The zero-order valence-electron chi connectivity index (χ0n) is 12.6. The first kappa shape index (κ1) is 14.6. The molecule has 3 rings (SSSR count). The number of hydrogen-bond donors (Lipinski definition) is 2. The minimum absolute atomic E-state index is 0.116. The number of benzene rings is 2. The summed E-state index contributed by atoms with van der Waals surface area (Å²) in [5, 5.41) is 6.40. The Bertz CT molecular complexity index is 648. The van der Waals surface area contributed by atoms with Crippen molar-refractivity contribution in [2.24, 2.45) is 0 Å². The van der Waals surface area contributed by atoms with Crippen molar-refractivity contribution in [2.45, 2.75) is 25.4 Å². The van der Waals surface area contributed by atoms with Crippen LogP contribution < -0.4 is 15.4 Å². The number of carbonyl (C=O) groups excluding carboxylic acids is 1. The highest BCUT2D eigenvalue weighted by Crippen LogP contribution is 2.20. The lowest BCUT2D eigenvalue weighted by Gasteiger charge is -2.09. The molecule has 0 atom stereocenters. The number of amides is 1. The minimum Gasteiger partial charge on any atom is -0.497 e. The number of nitrogens with one attached hydrogen (secondary N) is 2. The highest BCUT2D eigenvalue weighted by molar-refractivity contribution is 6.04. The summed E-state index contributed by atoms with van der Waals surface area (Å²) in [6.07, 6.45) is 2.54. The van der Waals surface area contributed by atoms with Crippen molar-refractivity contribution in [3.8, 4) is 5.75 Å². The Balaban J connectivity index is 1.63. The van der Waals surface area contributed by atoms with Gasteiger partial charge in [-0.15, -0.1) is 0 Å². The van der Waals surface area contributed by atoms with Crippen LogP contribution in [0.4, 0.5) is 5.69 Å². The van der Waals surface area contributed by atoms with Gasteiger partial charge >= 0.3 is 0 Å². The van der Waals surface area contributed by atoms with Crippen LogP contribution in [0.25, 0.3) is 0 Å². The standard InChI is InChI=1S/C18H20N2O2/c1-22-17-9-5-14(6-10-17)18(21)20-16-4-2-3-13(11-16)12-19-15-7-8-15/h2-6,9-11,15,19H,7-8,12H2,1H3,(H,20,21). The summed E-state index contributed by atoms with van der Waals surface area (Å²) in [7, 11) is 1.61. The fourth-order valence-corrected chi connectivity index (χ4v) is 2.25. The van der Waals surface area contributed by atoms with Crippen molar-refractivity contribution in [3.05, 3.63) is 59.7 Å². The smallest absolute Gasteiger partial charge is 0.255 e. The lowest BCUT2D eigenvalue weighted by Crippen LogP contribution is -2.16. The molecule has 0 saturated heterocycles. The Kier molecular flexibility index (Phi) is 4.39. The maximum Gasteiger partial charge on any atom is 0.255 e. The minimum atomic E-state index is -0.116. The number of anilines is 1. The number of carbonyl (C=O) groups is 1. The normalized spacial score (nSPS) is 13.7. The molecule has 2 aromatic carbocycles. The van der Waals surface area contributed by atoms with Gasteiger partial charge in [-0.1, -0.05) is 12.1 Å². The van der Waals surface area contributed by atoms with Crippen LogP contribution in [0.5, 0.6) is 5.75 Å². The average Bonchev–Trinajstić information content (AvgIpc) is 3.38. The Hall–Kier alpha value is -2.33. The van der Waals surface area contributed by atoms with Crippen molar-refractivity contribution >= 4 is 11.6 Å². The van der Waals surface area contributed by atoms with Gasteiger partial charge in [0, 0.05) is 23.8 Å². The fraction of sp³-hybridized carbons (Fsp3) is 0.278. The summed E-state index contributed by atoms with van der Waals surface area (Å²) < 4.78 is 5.10. The number of hydrogen-bond acceptors (Lipinski definition) is 3. The molecule has 1 aliphatic rings. The van der Waals surface area contributed by atoms with Crippen molar-refractivity contribution < 1.29 is 9.53 Å². The van der Waals surface area contributed by atoms with Crippen LogP contribution in [0.2, 0.25) is 0 Å². The Labute approximate surface area is 130 Å². The summed E-state index contributed by atoms with van der Waals surface area (Å²) in [5.41, 5.74) is 2.61. The molecule has 0 aromatic heterocycles. The second kappa shape index (κ2) is 6.62. The van der Waals surface area contributed by atoms with Gasteiger partial charge in [-0.25, -0.2) is 0 Å². The van der Waals surface area contributed by atoms with Crippen LogP contribution in [0, 0.1) is 0 Å².